The molecule has 0 amide bonds. The minimum atomic E-state index is -0.0160. The second kappa shape index (κ2) is 8.87. The Balaban J connectivity index is 1.56. The van der Waals surface area contributed by atoms with Crippen molar-refractivity contribution < 1.29 is 9.53 Å². The fraction of sp³-hybridized carbons (Fsp3) is 0.450. The highest BCUT2D eigenvalue weighted by molar-refractivity contribution is 5.94. The van der Waals surface area contributed by atoms with Crippen LogP contribution in [0.15, 0.2) is 36.5 Å². The molecule has 0 saturated carbocycles. The number of aromatic nitrogens is 2. The summed E-state index contributed by atoms with van der Waals surface area (Å²) in [5.41, 5.74) is 2.58. The number of rotatable bonds is 6. The van der Waals surface area contributed by atoms with Gasteiger partial charge in [0.05, 0.1) is 17.4 Å². The highest BCUT2D eigenvalue weighted by atomic mass is 16.5. The summed E-state index contributed by atoms with van der Waals surface area (Å²) in [4.78, 5) is 22.5. The Hall–Kier alpha value is -2.31. The smallest absolute Gasteiger partial charge is 0.222 e. The van der Waals surface area contributed by atoms with Gasteiger partial charge in [0.25, 0.3) is 0 Å². The van der Waals surface area contributed by atoms with Crippen LogP contribution in [0.25, 0.3) is 0 Å². The summed E-state index contributed by atoms with van der Waals surface area (Å²) in [6.45, 7) is 7.60. The van der Waals surface area contributed by atoms with Crippen molar-refractivity contribution in [3.8, 4) is 0 Å². The van der Waals surface area contributed by atoms with E-state index in [2.05, 4.69) is 44.5 Å². The number of carbonyl (C=O) groups is 1. The van der Waals surface area contributed by atoms with Crippen LogP contribution in [0.1, 0.15) is 35.0 Å². The van der Waals surface area contributed by atoms with Crippen molar-refractivity contribution in [3.63, 3.8) is 0 Å². The van der Waals surface area contributed by atoms with E-state index in [1.165, 1.54) is 12.5 Å². The minimum Gasteiger partial charge on any atom is -0.375 e. The van der Waals surface area contributed by atoms with Gasteiger partial charge in [-0.3, -0.25) is 9.69 Å². The quantitative estimate of drug-likeness (QED) is 0.805. The molecule has 1 fully saturated rings. The van der Waals surface area contributed by atoms with Crippen molar-refractivity contribution in [1.82, 2.24) is 14.9 Å². The van der Waals surface area contributed by atoms with Crippen LogP contribution >= 0.6 is 0 Å². The highest BCUT2D eigenvalue weighted by Gasteiger charge is 2.19. The number of Topliss-reactive ketones (excluding diaryl/α,β-unsaturated/α-hetero) is 1. The maximum absolute atomic E-state index is 11.5. The second-order valence-corrected chi connectivity index (χ2v) is 6.70. The van der Waals surface area contributed by atoms with E-state index in [0.717, 1.165) is 32.7 Å². The van der Waals surface area contributed by atoms with Crippen LogP contribution in [0.2, 0.25) is 0 Å². The highest BCUT2D eigenvalue weighted by Crippen LogP contribution is 2.12. The molecule has 0 spiro atoms. The van der Waals surface area contributed by atoms with Crippen LogP contribution in [0.3, 0.4) is 0 Å². The largest absolute Gasteiger partial charge is 0.375 e. The zero-order valence-corrected chi connectivity index (χ0v) is 15.4. The normalized spacial score (nSPS) is 18.3. The summed E-state index contributed by atoms with van der Waals surface area (Å²) in [5.74, 6) is 0.521. The third kappa shape index (κ3) is 5.09. The molecule has 6 nitrogen and oxygen atoms in total. The zero-order chi connectivity index (χ0) is 18.4. The van der Waals surface area contributed by atoms with E-state index in [-0.39, 0.29) is 11.9 Å². The van der Waals surface area contributed by atoms with Crippen molar-refractivity contribution in [1.29, 1.82) is 0 Å². The lowest BCUT2D eigenvalue weighted by molar-refractivity contribution is 0.0624. The topological polar surface area (TPSA) is 67.4 Å². The Morgan fingerprint density at radius 2 is 2.15 bits per heavy atom. The van der Waals surface area contributed by atoms with Crippen molar-refractivity contribution in [2.45, 2.75) is 32.9 Å². The Morgan fingerprint density at radius 1 is 1.35 bits per heavy atom. The van der Waals surface area contributed by atoms with E-state index in [0.29, 0.717) is 23.8 Å². The summed E-state index contributed by atoms with van der Waals surface area (Å²) in [6.07, 6.45) is 2.70. The molecular weight excluding hydrogens is 328 g/mol. The average molecular weight is 354 g/mol. The Bertz CT molecular complexity index is 736. The van der Waals surface area contributed by atoms with Crippen LogP contribution in [0.4, 0.5) is 5.95 Å². The van der Waals surface area contributed by atoms with Gasteiger partial charge in [0.1, 0.15) is 0 Å². The molecule has 3 rings (SSSR count). The first-order valence-electron chi connectivity index (χ1n) is 9.08. The van der Waals surface area contributed by atoms with Crippen molar-refractivity contribution >= 4 is 11.7 Å². The standard InChI is InChI=1S/C20H26N4O2/c1-15-19(16(2)25)12-22-20(23-15)21-11-18-14-24(9-6-10-26-18)13-17-7-4-3-5-8-17/h3-5,7-8,12,18H,6,9-11,13-14H2,1-2H3,(H,21,22,23). The van der Waals surface area contributed by atoms with Crippen LogP contribution in [0, 0.1) is 6.92 Å². The summed E-state index contributed by atoms with van der Waals surface area (Å²) < 4.78 is 5.97. The van der Waals surface area contributed by atoms with Crippen molar-refractivity contribution in [3.05, 3.63) is 53.3 Å². The molecule has 6 heteroatoms. The van der Waals surface area contributed by atoms with Crippen LogP contribution in [0.5, 0.6) is 0 Å². The summed E-state index contributed by atoms with van der Waals surface area (Å²) in [7, 11) is 0. The number of nitrogens with zero attached hydrogens (tertiary/aromatic N) is 3. The van der Waals surface area contributed by atoms with Crippen molar-refractivity contribution in [2.75, 3.05) is 31.6 Å². The molecule has 138 valence electrons. The molecule has 0 bridgehead atoms. The van der Waals surface area contributed by atoms with E-state index in [1.807, 2.05) is 13.0 Å². The molecule has 0 radical (unpaired) electrons. The fourth-order valence-electron chi connectivity index (χ4n) is 3.18. The maximum Gasteiger partial charge on any atom is 0.222 e. The number of carbonyl (C=O) groups excluding carboxylic acids is 1. The summed E-state index contributed by atoms with van der Waals surface area (Å²) in [6, 6.07) is 10.5. The Labute approximate surface area is 154 Å². The van der Waals surface area contributed by atoms with Gasteiger partial charge in [-0.25, -0.2) is 9.97 Å². The molecule has 1 saturated heterocycles. The fourth-order valence-corrected chi connectivity index (χ4v) is 3.18. The van der Waals surface area contributed by atoms with Gasteiger partial charge in [-0.1, -0.05) is 30.3 Å². The lowest BCUT2D eigenvalue weighted by atomic mass is 10.2. The summed E-state index contributed by atoms with van der Waals surface area (Å²) >= 11 is 0. The lowest BCUT2D eigenvalue weighted by Gasteiger charge is -2.24. The number of hydrogen-bond donors (Lipinski definition) is 1. The van der Waals surface area contributed by atoms with E-state index in [4.69, 9.17) is 4.74 Å². The first-order chi connectivity index (χ1) is 12.6. The number of hydrogen-bond acceptors (Lipinski definition) is 6. The molecule has 2 heterocycles. The third-order valence-electron chi connectivity index (χ3n) is 4.53. The van der Waals surface area contributed by atoms with Gasteiger partial charge in [0.15, 0.2) is 5.78 Å². The Kier molecular flexibility index (Phi) is 6.30. The van der Waals surface area contributed by atoms with Gasteiger partial charge >= 0.3 is 0 Å². The van der Waals surface area contributed by atoms with Gasteiger partial charge in [-0.15, -0.1) is 0 Å². The zero-order valence-electron chi connectivity index (χ0n) is 15.4. The number of aryl methyl sites for hydroxylation is 1. The second-order valence-electron chi connectivity index (χ2n) is 6.70. The minimum absolute atomic E-state index is 0.0160. The number of nitrogens with one attached hydrogen (secondary N) is 1. The van der Waals surface area contributed by atoms with Gasteiger partial charge in [-0.2, -0.15) is 0 Å². The third-order valence-corrected chi connectivity index (χ3v) is 4.53. The first kappa shape index (κ1) is 18.5. The average Bonchev–Trinajstić information content (AvgIpc) is 2.85. The molecule has 1 unspecified atom stereocenters. The maximum atomic E-state index is 11.5. The van der Waals surface area contributed by atoms with E-state index < -0.39 is 0 Å². The van der Waals surface area contributed by atoms with Gasteiger partial charge in [0.2, 0.25) is 5.95 Å². The molecule has 1 aromatic heterocycles. The summed E-state index contributed by atoms with van der Waals surface area (Å²) in [5, 5.41) is 3.25. The molecular formula is C20H26N4O2. The lowest BCUT2D eigenvalue weighted by Crippen LogP contribution is -2.35. The van der Waals surface area contributed by atoms with Crippen LogP contribution < -0.4 is 5.32 Å². The molecule has 26 heavy (non-hydrogen) atoms. The number of benzene rings is 1. The molecule has 1 aliphatic rings. The molecule has 1 N–H and O–H groups in total. The van der Waals surface area contributed by atoms with Crippen LogP contribution in [-0.4, -0.2) is 53.0 Å². The van der Waals surface area contributed by atoms with Gasteiger partial charge in [-0.05, 0) is 25.8 Å². The van der Waals surface area contributed by atoms with Gasteiger partial charge < -0.3 is 10.1 Å². The molecule has 1 aromatic carbocycles. The SMILES string of the molecule is CC(=O)c1cnc(NCC2CN(Cc3ccccc3)CCCO2)nc1C. The molecule has 1 aliphatic heterocycles. The van der Waals surface area contributed by atoms with E-state index >= 15 is 0 Å². The molecule has 0 aliphatic carbocycles. The van der Waals surface area contributed by atoms with E-state index in [9.17, 15) is 4.79 Å². The number of ether oxygens (including phenoxy) is 1. The monoisotopic (exact) mass is 354 g/mol. The van der Waals surface area contributed by atoms with E-state index in [1.54, 1.807) is 6.20 Å². The van der Waals surface area contributed by atoms with Crippen LogP contribution in [-0.2, 0) is 11.3 Å². The number of ketones is 1. The van der Waals surface area contributed by atoms with Gasteiger partial charge in [0, 0.05) is 39.0 Å². The number of anilines is 1. The Morgan fingerprint density at radius 3 is 2.88 bits per heavy atom. The molecule has 1 atom stereocenters. The predicted molar refractivity (Wildman–Crippen MR) is 101 cm³/mol. The molecule has 2 aromatic rings. The van der Waals surface area contributed by atoms with Crippen molar-refractivity contribution in [2.24, 2.45) is 0 Å². The predicted octanol–water partition coefficient (Wildman–Crippen LogP) is 2.69. The first-order valence-corrected chi connectivity index (χ1v) is 9.08.